The second-order valence-electron chi connectivity index (χ2n) is 6.80. The first kappa shape index (κ1) is 19.1. The molecule has 126 valence electrons. The fourth-order valence-electron chi connectivity index (χ4n) is 1.41. The molecule has 0 aliphatic rings. The number of rotatable bonds is 3. The van der Waals surface area contributed by atoms with E-state index in [-0.39, 0.29) is 4.21 Å². The Morgan fingerprint density at radius 3 is 1.68 bits per heavy atom. The van der Waals surface area contributed by atoms with Gasteiger partial charge in [-0.3, -0.25) is 0 Å². The van der Waals surface area contributed by atoms with Crippen LogP contribution in [-0.2, 0) is 19.7 Å². The van der Waals surface area contributed by atoms with Gasteiger partial charge in [-0.2, -0.15) is 0 Å². The number of thiophene rings is 1. The summed E-state index contributed by atoms with van der Waals surface area (Å²) in [7, 11) is -7.79. The van der Waals surface area contributed by atoms with Gasteiger partial charge in [0.2, 0.25) is 0 Å². The Kier molecular flexibility index (Phi) is 4.62. The molecule has 0 aromatic carbocycles. The SMILES string of the molecule is CC(C)(C)S(=O)(=O)c1cc(C(=O)O)c(S(=O)(=O)C(C)(C)C)s1. The van der Waals surface area contributed by atoms with Crippen molar-refractivity contribution in [1.29, 1.82) is 0 Å². The summed E-state index contributed by atoms with van der Waals surface area (Å²) in [5, 5.41) is 9.22. The van der Waals surface area contributed by atoms with Gasteiger partial charge in [-0.15, -0.1) is 11.3 Å². The lowest BCUT2D eigenvalue weighted by molar-refractivity contribution is 0.0693. The topological polar surface area (TPSA) is 106 Å². The molecule has 0 atom stereocenters. The summed E-state index contributed by atoms with van der Waals surface area (Å²) < 4.78 is 46.9. The van der Waals surface area contributed by atoms with Crippen molar-refractivity contribution in [3.8, 4) is 0 Å². The fraction of sp³-hybridized carbons (Fsp3) is 0.615. The normalized spacial score (nSPS) is 14.1. The summed E-state index contributed by atoms with van der Waals surface area (Å²) in [6, 6.07) is 0.937. The standard InChI is InChI=1S/C13H20O6S3/c1-12(2,3)21(16,17)9-7-8(10(14)15)11(20-9)22(18,19)13(4,5)6/h7H,1-6H3,(H,14,15). The number of carboxylic acid groups (broad SMARTS) is 1. The van der Waals surface area contributed by atoms with Gasteiger partial charge in [0.15, 0.2) is 19.7 Å². The zero-order chi connectivity index (χ0) is 17.7. The van der Waals surface area contributed by atoms with E-state index in [4.69, 9.17) is 0 Å². The number of sulfone groups is 2. The molecule has 1 heterocycles. The summed E-state index contributed by atoms with van der Waals surface area (Å²) in [6.45, 7) is 8.73. The van der Waals surface area contributed by atoms with Crippen LogP contribution in [0.1, 0.15) is 51.9 Å². The predicted molar refractivity (Wildman–Crippen MR) is 85.2 cm³/mol. The minimum absolute atomic E-state index is 0.250. The summed E-state index contributed by atoms with van der Waals surface area (Å²) in [5.41, 5.74) is -0.497. The van der Waals surface area contributed by atoms with E-state index in [1.165, 1.54) is 41.5 Å². The molecule has 0 amide bonds. The van der Waals surface area contributed by atoms with Crippen LogP contribution in [0.3, 0.4) is 0 Å². The fourth-order valence-corrected chi connectivity index (χ4v) is 6.95. The quantitative estimate of drug-likeness (QED) is 0.879. The molecule has 9 heteroatoms. The van der Waals surface area contributed by atoms with Crippen LogP contribution in [-0.4, -0.2) is 37.4 Å². The molecule has 6 nitrogen and oxygen atoms in total. The van der Waals surface area contributed by atoms with Crippen molar-refractivity contribution in [2.75, 3.05) is 0 Å². The van der Waals surface area contributed by atoms with E-state index in [9.17, 15) is 26.7 Å². The average molecular weight is 368 g/mol. The second kappa shape index (κ2) is 5.31. The van der Waals surface area contributed by atoms with Gasteiger partial charge in [0, 0.05) is 0 Å². The Balaban J connectivity index is 3.76. The third kappa shape index (κ3) is 3.07. The maximum Gasteiger partial charge on any atom is 0.337 e. The number of hydrogen-bond acceptors (Lipinski definition) is 6. The van der Waals surface area contributed by atoms with Gasteiger partial charge in [0.05, 0.1) is 15.1 Å². The molecule has 0 radical (unpaired) electrons. The van der Waals surface area contributed by atoms with Crippen molar-refractivity contribution in [2.45, 2.75) is 59.5 Å². The van der Waals surface area contributed by atoms with Crippen molar-refractivity contribution in [1.82, 2.24) is 0 Å². The molecule has 0 bridgehead atoms. The van der Waals surface area contributed by atoms with E-state index in [1.807, 2.05) is 0 Å². The van der Waals surface area contributed by atoms with Crippen LogP contribution in [0.25, 0.3) is 0 Å². The maximum absolute atomic E-state index is 12.5. The van der Waals surface area contributed by atoms with Gasteiger partial charge >= 0.3 is 5.97 Å². The van der Waals surface area contributed by atoms with Crippen LogP contribution in [0.2, 0.25) is 0 Å². The summed E-state index contributed by atoms with van der Waals surface area (Å²) in [5.74, 6) is -1.46. The molecule has 0 fully saturated rings. The second-order valence-corrected chi connectivity index (χ2v) is 13.7. The highest BCUT2D eigenvalue weighted by atomic mass is 32.3. The molecular weight excluding hydrogens is 348 g/mol. The zero-order valence-corrected chi connectivity index (χ0v) is 15.7. The van der Waals surface area contributed by atoms with E-state index in [1.54, 1.807) is 0 Å². The van der Waals surface area contributed by atoms with Crippen molar-refractivity contribution in [3.63, 3.8) is 0 Å². The van der Waals surface area contributed by atoms with E-state index < -0.39 is 44.9 Å². The third-order valence-electron chi connectivity index (χ3n) is 3.03. The molecule has 1 aromatic rings. The van der Waals surface area contributed by atoms with Gasteiger partial charge in [-0.1, -0.05) is 0 Å². The van der Waals surface area contributed by atoms with Crippen molar-refractivity contribution in [3.05, 3.63) is 11.6 Å². The minimum Gasteiger partial charge on any atom is -0.478 e. The smallest absolute Gasteiger partial charge is 0.337 e. The molecule has 1 N–H and O–H groups in total. The Labute approximate surface area is 135 Å². The number of carbonyl (C=O) groups is 1. The first-order chi connectivity index (χ1) is 9.53. The number of aromatic carboxylic acids is 1. The molecular formula is C13H20O6S3. The monoisotopic (exact) mass is 368 g/mol. The molecule has 0 aliphatic carbocycles. The van der Waals surface area contributed by atoms with Gasteiger partial charge in [-0.05, 0) is 47.6 Å². The van der Waals surface area contributed by atoms with Crippen LogP contribution < -0.4 is 0 Å². The van der Waals surface area contributed by atoms with E-state index in [0.29, 0.717) is 11.3 Å². The molecule has 1 aromatic heterocycles. The Bertz CT molecular complexity index is 799. The lowest BCUT2D eigenvalue weighted by Gasteiger charge is -2.19. The van der Waals surface area contributed by atoms with Crippen molar-refractivity contribution in [2.24, 2.45) is 0 Å². The molecule has 1 rings (SSSR count). The summed E-state index contributed by atoms with van der Waals surface area (Å²) >= 11 is 0.499. The average Bonchev–Trinajstić information content (AvgIpc) is 2.71. The van der Waals surface area contributed by atoms with Gasteiger partial charge in [-0.25, -0.2) is 21.6 Å². The van der Waals surface area contributed by atoms with Gasteiger partial charge < -0.3 is 5.11 Å². The van der Waals surface area contributed by atoms with Gasteiger partial charge in [0.1, 0.15) is 8.42 Å². The first-order valence-corrected chi connectivity index (χ1v) is 10.2. The van der Waals surface area contributed by atoms with Gasteiger partial charge in [0.25, 0.3) is 0 Å². The summed E-state index contributed by atoms with van der Waals surface area (Å²) in [6.07, 6.45) is 0. The number of hydrogen-bond donors (Lipinski definition) is 1. The molecule has 0 unspecified atom stereocenters. The highest BCUT2D eigenvalue weighted by Crippen LogP contribution is 2.39. The van der Waals surface area contributed by atoms with Crippen LogP contribution in [0.15, 0.2) is 14.5 Å². The lowest BCUT2D eigenvalue weighted by atomic mass is 10.3. The molecule has 0 saturated heterocycles. The lowest BCUT2D eigenvalue weighted by Crippen LogP contribution is -2.28. The number of carboxylic acids is 1. The van der Waals surface area contributed by atoms with Crippen LogP contribution in [0.5, 0.6) is 0 Å². The van der Waals surface area contributed by atoms with Crippen LogP contribution >= 0.6 is 11.3 Å². The molecule has 0 spiro atoms. The highest BCUT2D eigenvalue weighted by molar-refractivity contribution is 7.97. The Morgan fingerprint density at radius 2 is 1.36 bits per heavy atom. The molecule has 0 aliphatic heterocycles. The molecule has 22 heavy (non-hydrogen) atoms. The Hall–Kier alpha value is -0.930. The first-order valence-electron chi connectivity index (χ1n) is 6.40. The maximum atomic E-state index is 12.5. The minimum atomic E-state index is -3.96. The summed E-state index contributed by atoms with van der Waals surface area (Å²) in [4.78, 5) is 11.3. The van der Waals surface area contributed by atoms with E-state index >= 15 is 0 Å². The van der Waals surface area contributed by atoms with Crippen LogP contribution in [0, 0.1) is 0 Å². The highest BCUT2D eigenvalue weighted by Gasteiger charge is 2.40. The van der Waals surface area contributed by atoms with Crippen molar-refractivity contribution >= 4 is 37.0 Å². The predicted octanol–water partition coefficient (Wildman–Crippen LogP) is 2.59. The van der Waals surface area contributed by atoms with Crippen LogP contribution in [0.4, 0.5) is 0 Å². The van der Waals surface area contributed by atoms with E-state index in [2.05, 4.69) is 0 Å². The van der Waals surface area contributed by atoms with E-state index in [0.717, 1.165) is 6.07 Å². The zero-order valence-electron chi connectivity index (χ0n) is 13.3. The molecule has 0 saturated carbocycles. The third-order valence-corrected chi connectivity index (χ3v) is 10.1. The van der Waals surface area contributed by atoms with Crippen molar-refractivity contribution < 1.29 is 26.7 Å². The Morgan fingerprint density at radius 1 is 0.955 bits per heavy atom. The largest absolute Gasteiger partial charge is 0.478 e.